The van der Waals surface area contributed by atoms with Gasteiger partial charge in [-0.2, -0.15) is 0 Å². The van der Waals surface area contributed by atoms with E-state index in [4.69, 9.17) is 16.3 Å². The van der Waals surface area contributed by atoms with Crippen molar-refractivity contribution in [2.75, 3.05) is 6.54 Å². The zero-order valence-electron chi connectivity index (χ0n) is 11.4. The highest BCUT2D eigenvalue weighted by Crippen LogP contribution is 2.43. The van der Waals surface area contributed by atoms with Crippen molar-refractivity contribution in [3.63, 3.8) is 0 Å². The summed E-state index contributed by atoms with van der Waals surface area (Å²) in [6.07, 6.45) is 2.51. The highest BCUT2D eigenvalue weighted by molar-refractivity contribution is 6.30. The third kappa shape index (κ3) is 2.81. The molecule has 0 amide bonds. The summed E-state index contributed by atoms with van der Waals surface area (Å²) in [6.45, 7) is 7.80. The predicted molar refractivity (Wildman–Crippen MR) is 76.3 cm³/mol. The predicted octanol–water partition coefficient (Wildman–Crippen LogP) is 3.89. The van der Waals surface area contributed by atoms with Gasteiger partial charge >= 0.3 is 0 Å². The van der Waals surface area contributed by atoms with Crippen molar-refractivity contribution in [2.24, 2.45) is 5.41 Å². The molecule has 18 heavy (non-hydrogen) atoms. The Bertz CT molecular complexity index is 405. The van der Waals surface area contributed by atoms with Gasteiger partial charge in [0.15, 0.2) is 0 Å². The van der Waals surface area contributed by atoms with Crippen molar-refractivity contribution in [2.45, 2.75) is 45.8 Å². The van der Waals surface area contributed by atoms with Crippen LogP contribution in [0.5, 0.6) is 5.75 Å². The average molecular weight is 268 g/mol. The van der Waals surface area contributed by atoms with Gasteiger partial charge in [0.05, 0.1) is 0 Å². The molecule has 0 saturated heterocycles. The Morgan fingerprint density at radius 2 is 2.22 bits per heavy atom. The van der Waals surface area contributed by atoms with Gasteiger partial charge in [-0.15, -0.1) is 0 Å². The van der Waals surface area contributed by atoms with Crippen LogP contribution >= 0.6 is 11.6 Å². The standard InChI is InChI=1S/C15H22ClNO/c1-4-8-17-13-10-14(15(13,2)3)18-12-7-5-6-11(16)9-12/h5-7,9,13-14,17H,4,8,10H2,1-3H3. The van der Waals surface area contributed by atoms with Crippen LogP contribution in [0.3, 0.4) is 0 Å². The van der Waals surface area contributed by atoms with Crippen molar-refractivity contribution in [3.05, 3.63) is 29.3 Å². The van der Waals surface area contributed by atoms with E-state index in [9.17, 15) is 0 Å². The first-order valence-electron chi connectivity index (χ1n) is 6.69. The van der Waals surface area contributed by atoms with Crippen molar-refractivity contribution < 1.29 is 4.74 Å². The quantitative estimate of drug-likeness (QED) is 0.874. The zero-order chi connectivity index (χ0) is 13.2. The summed E-state index contributed by atoms with van der Waals surface area (Å²) >= 11 is 5.97. The molecule has 0 bridgehead atoms. The van der Waals surface area contributed by atoms with E-state index in [0.29, 0.717) is 6.04 Å². The van der Waals surface area contributed by atoms with E-state index in [0.717, 1.165) is 23.7 Å². The number of hydrogen-bond donors (Lipinski definition) is 1. The maximum Gasteiger partial charge on any atom is 0.121 e. The summed E-state index contributed by atoms with van der Waals surface area (Å²) in [5.74, 6) is 0.870. The molecule has 2 atom stereocenters. The third-order valence-corrected chi connectivity index (χ3v) is 4.13. The largest absolute Gasteiger partial charge is 0.490 e. The molecule has 0 aromatic heterocycles. The molecule has 1 aliphatic rings. The van der Waals surface area contributed by atoms with Crippen LogP contribution in [-0.2, 0) is 0 Å². The molecule has 1 aromatic rings. The molecule has 0 heterocycles. The first-order chi connectivity index (χ1) is 8.54. The number of ether oxygens (including phenoxy) is 1. The Morgan fingerprint density at radius 3 is 2.83 bits per heavy atom. The summed E-state index contributed by atoms with van der Waals surface area (Å²) in [6, 6.07) is 8.20. The van der Waals surface area contributed by atoms with Crippen molar-refractivity contribution >= 4 is 11.6 Å². The first-order valence-corrected chi connectivity index (χ1v) is 7.07. The Morgan fingerprint density at radius 1 is 1.44 bits per heavy atom. The minimum absolute atomic E-state index is 0.178. The van der Waals surface area contributed by atoms with E-state index in [2.05, 4.69) is 26.1 Å². The Labute approximate surface area is 115 Å². The zero-order valence-corrected chi connectivity index (χ0v) is 12.1. The second-order valence-corrected chi connectivity index (χ2v) is 6.06. The monoisotopic (exact) mass is 267 g/mol. The number of nitrogens with one attached hydrogen (secondary N) is 1. The molecule has 3 heteroatoms. The minimum Gasteiger partial charge on any atom is -0.490 e. The first kappa shape index (κ1) is 13.7. The molecule has 0 spiro atoms. The molecule has 1 aliphatic carbocycles. The summed E-state index contributed by atoms with van der Waals surface area (Å²) in [5.41, 5.74) is 0.178. The molecule has 2 rings (SSSR count). The lowest BCUT2D eigenvalue weighted by Crippen LogP contribution is -2.62. The molecule has 0 aliphatic heterocycles. The van der Waals surface area contributed by atoms with Gasteiger partial charge in [0.2, 0.25) is 0 Å². The summed E-state index contributed by atoms with van der Waals surface area (Å²) < 4.78 is 6.03. The molecule has 1 fully saturated rings. The Kier molecular flexibility index (Phi) is 4.18. The molecule has 0 radical (unpaired) electrons. The van der Waals surface area contributed by atoms with Gasteiger partial charge < -0.3 is 10.1 Å². The molecular weight excluding hydrogens is 246 g/mol. The Balaban J connectivity index is 1.93. The lowest BCUT2D eigenvalue weighted by atomic mass is 9.64. The lowest BCUT2D eigenvalue weighted by Gasteiger charge is -2.51. The van der Waals surface area contributed by atoms with Crippen LogP contribution in [0.2, 0.25) is 5.02 Å². The molecule has 2 nitrogen and oxygen atoms in total. The number of benzene rings is 1. The van der Waals surface area contributed by atoms with Crippen molar-refractivity contribution in [3.8, 4) is 5.75 Å². The summed E-state index contributed by atoms with van der Waals surface area (Å²) in [7, 11) is 0. The van der Waals surface area contributed by atoms with Gasteiger partial charge in [0.25, 0.3) is 0 Å². The highest BCUT2D eigenvalue weighted by Gasteiger charge is 2.49. The maximum absolute atomic E-state index is 6.03. The Hall–Kier alpha value is -0.730. The van der Waals surface area contributed by atoms with Crippen LogP contribution in [-0.4, -0.2) is 18.7 Å². The highest BCUT2D eigenvalue weighted by atomic mass is 35.5. The molecule has 2 unspecified atom stereocenters. The number of halogens is 1. The van der Waals surface area contributed by atoms with Gasteiger partial charge in [0, 0.05) is 22.9 Å². The van der Waals surface area contributed by atoms with Crippen LogP contribution in [0.1, 0.15) is 33.6 Å². The average Bonchev–Trinajstić information content (AvgIpc) is 2.33. The fourth-order valence-corrected chi connectivity index (χ4v) is 2.64. The van der Waals surface area contributed by atoms with Gasteiger partial charge in [-0.25, -0.2) is 0 Å². The summed E-state index contributed by atoms with van der Waals surface area (Å²) in [5, 5.41) is 4.31. The molecule has 1 N–H and O–H groups in total. The van der Waals surface area contributed by atoms with Crippen LogP contribution in [0, 0.1) is 5.41 Å². The maximum atomic E-state index is 6.03. The minimum atomic E-state index is 0.178. The van der Waals surface area contributed by atoms with E-state index in [1.165, 1.54) is 6.42 Å². The molecule has 100 valence electrons. The second kappa shape index (κ2) is 5.50. The van der Waals surface area contributed by atoms with Crippen LogP contribution in [0.15, 0.2) is 24.3 Å². The third-order valence-electron chi connectivity index (χ3n) is 3.89. The van der Waals surface area contributed by atoms with E-state index < -0.39 is 0 Å². The van der Waals surface area contributed by atoms with Crippen LogP contribution in [0.25, 0.3) is 0 Å². The van der Waals surface area contributed by atoms with Crippen molar-refractivity contribution in [1.29, 1.82) is 0 Å². The number of hydrogen-bond acceptors (Lipinski definition) is 2. The molecular formula is C15H22ClNO. The molecule has 1 saturated carbocycles. The van der Waals surface area contributed by atoms with Crippen LogP contribution in [0.4, 0.5) is 0 Å². The smallest absolute Gasteiger partial charge is 0.121 e. The van der Waals surface area contributed by atoms with Gasteiger partial charge in [-0.1, -0.05) is 38.4 Å². The van der Waals surface area contributed by atoms with Crippen LogP contribution < -0.4 is 10.1 Å². The molecule has 1 aromatic carbocycles. The lowest BCUT2D eigenvalue weighted by molar-refractivity contribution is -0.0545. The number of rotatable bonds is 5. The van der Waals surface area contributed by atoms with Gasteiger partial charge in [-0.05, 0) is 31.2 Å². The van der Waals surface area contributed by atoms with Gasteiger partial charge in [0.1, 0.15) is 11.9 Å². The normalized spacial score (nSPS) is 25.6. The van der Waals surface area contributed by atoms with Crippen molar-refractivity contribution in [1.82, 2.24) is 5.32 Å². The topological polar surface area (TPSA) is 21.3 Å². The fourth-order valence-electron chi connectivity index (χ4n) is 2.45. The fraction of sp³-hybridized carbons (Fsp3) is 0.600. The van der Waals surface area contributed by atoms with E-state index in [-0.39, 0.29) is 11.5 Å². The van der Waals surface area contributed by atoms with E-state index in [1.807, 2.05) is 24.3 Å². The van der Waals surface area contributed by atoms with E-state index >= 15 is 0 Å². The summed E-state index contributed by atoms with van der Waals surface area (Å²) in [4.78, 5) is 0. The SMILES string of the molecule is CCCNC1CC(Oc2cccc(Cl)c2)C1(C)C. The second-order valence-electron chi connectivity index (χ2n) is 5.63. The van der Waals surface area contributed by atoms with E-state index in [1.54, 1.807) is 0 Å². The van der Waals surface area contributed by atoms with Gasteiger partial charge in [-0.3, -0.25) is 0 Å².